The first-order valence-electron chi connectivity index (χ1n) is 3.98. The highest BCUT2D eigenvalue weighted by atomic mass is 16.5. The standard InChI is InChI=1S/C4H8O3.2C3H6/c1-4(6)7-3-2-5;2*1-3-2/h5H,2-3H2,1H3;2*3H,1H2,2H3. The van der Waals surface area contributed by atoms with Gasteiger partial charge in [0.15, 0.2) is 0 Å². The third-order valence-electron chi connectivity index (χ3n) is 0.397. The largest absolute Gasteiger partial charge is 0.463 e. The first-order chi connectivity index (χ1) is 6.10. The first kappa shape index (κ1) is 17.9. The number of rotatable bonds is 2. The minimum atomic E-state index is -0.353. The monoisotopic (exact) mass is 188 g/mol. The van der Waals surface area contributed by atoms with Crippen LogP contribution in [0.1, 0.15) is 20.8 Å². The normalized spacial score (nSPS) is 6.46. The number of allylic oxidation sites excluding steroid dienone is 2. The van der Waals surface area contributed by atoms with Crippen LogP contribution in [0.4, 0.5) is 0 Å². The Labute approximate surface area is 80.7 Å². The lowest BCUT2D eigenvalue weighted by Gasteiger charge is -1.93. The molecule has 1 N–H and O–H groups in total. The van der Waals surface area contributed by atoms with Gasteiger partial charge in [0, 0.05) is 6.92 Å². The highest BCUT2D eigenvalue weighted by Crippen LogP contribution is 1.71. The molecule has 0 aliphatic carbocycles. The summed E-state index contributed by atoms with van der Waals surface area (Å²) in [5.41, 5.74) is 0. The van der Waals surface area contributed by atoms with Gasteiger partial charge >= 0.3 is 5.97 Å². The summed E-state index contributed by atoms with van der Waals surface area (Å²) in [5, 5.41) is 8.04. The number of esters is 1. The number of carbonyl (C=O) groups excluding carboxylic acids is 1. The van der Waals surface area contributed by atoms with Gasteiger partial charge in [0.1, 0.15) is 6.61 Å². The van der Waals surface area contributed by atoms with E-state index in [9.17, 15) is 4.79 Å². The van der Waals surface area contributed by atoms with Crippen LogP contribution in [0.5, 0.6) is 0 Å². The van der Waals surface area contributed by atoms with Crippen molar-refractivity contribution in [3.63, 3.8) is 0 Å². The zero-order chi connectivity index (χ0) is 11.1. The Hall–Kier alpha value is -1.09. The van der Waals surface area contributed by atoms with Crippen LogP contribution in [0, 0.1) is 0 Å². The van der Waals surface area contributed by atoms with Crippen molar-refractivity contribution in [1.82, 2.24) is 0 Å². The SMILES string of the molecule is C=CC.C=CC.CC(=O)OCCO. The molecule has 0 bridgehead atoms. The summed E-state index contributed by atoms with van der Waals surface area (Å²) < 4.78 is 4.30. The molecule has 0 fully saturated rings. The predicted octanol–water partition coefficient (Wildman–Crippen LogP) is 1.93. The van der Waals surface area contributed by atoms with E-state index in [0.29, 0.717) is 0 Å². The Kier molecular flexibility index (Phi) is 30.8. The van der Waals surface area contributed by atoms with Crippen molar-refractivity contribution < 1.29 is 14.6 Å². The summed E-state index contributed by atoms with van der Waals surface area (Å²) >= 11 is 0. The second-order valence-electron chi connectivity index (χ2n) is 1.88. The molecule has 0 saturated heterocycles. The summed E-state index contributed by atoms with van der Waals surface area (Å²) in [6, 6.07) is 0. The third kappa shape index (κ3) is 102. The van der Waals surface area contributed by atoms with Gasteiger partial charge in [-0.2, -0.15) is 0 Å². The summed E-state index contributed by atoms with van der Waals surface area (Å²) in [7, 11) is 0. The maximum Gasteiger partial charge on any atom is 0.302 e. The Morgan fingerprint density at radius 1 is 1.38 bits per heavy atom. The van der Waals surface area contributed by atoms with Crippen molar-refractivity contribution in [2.45, 2.75) is 20.8 Å². The molecule has 0 aromatic rings. The molecule has 0 aromatic heterocycles. The molecule has 78 valence electrons. The van der Waals surface area contributed by atoms with E-state index in [1.54, 1.807) is 12.2 Å². The molecule has 13 heavy (non-hydrogen) atoms. The first-order valence-corrected chi connectivity index (χ1v) is 3.98. The number of aliphatic hydroxyl groups is 1. The van der Waals surface area contributed by atoms with Gasteiger partial charge < -0.3 is 9.84 Å². The minimum Gasteiger partial charge on any atom is -0.463 e. The van der Waals surface area contributed by atoms with Crippen LogP contribution in [0.25, 0.3) is 0 Å². The van der Waals surface area contributed by atoms with Crippen LogP contribution in [0.2, 0.25) is 0 Å². The lowest BCUT2D eigenvalue weighted by Crippen LogP contribution is -2.03. The fraction of sp³-hybridized carbons (Fsp3) is 0.500. The maximum absolute atomic E-state index is 9.87. The third-order valence-corrected chi connectivity index (χ3v) is 0.397. The summed E-state index contributed by atoms with van der Waals surface area (Å²) in [6.45, 7) is 11.8. The molecule has 0 atom stereocenters. The summed E-state index contributed by atoms with van der Waals surface area (Å²) in [5.74, 6) is -0.353. The van der Waals surface area contributed by atoms with Crippen molar-refractivity contribution >= 4 is 5.97 Å². The number of ether oxygens (including phenoxy) is 1. The quantitative estimate of drug-likeness (QED) is 0.532. The number of hydrogen-bond donors (Lipinski definition) is 1. The summed E-state index contributed by atoms with van der Waals surface area (Å²) in [4.78, 5) is 9.87. The molecule has 0 aliphatic heterocycles. The average Bonchev–Trinajstić information content (AvgIpc) is 2.04. The van der Waals surface area contributed by atoms with Crippen LogP contribution < -0.4 is 0 Å². The molecule has 0 unspecified atom stereocenters. The second kappa shape index (κ2) is 22.4. The molecule has 0 spiro atoms. The molecule has 0 saturated carbocycles. The van der Waals surface area contributed by atoms with E-state index in [1.807, 2.05) is 13.8 Å². The molecule has 3 nitrogen and oxygen atoms in total. The lowest BCUT2D eigenvalue weighted by atomic mass is 10.7. The van der Waals surface area contributed by atoms with Gasteiger partial charge in [0.2, 0.25) is 0 Å². The highest BCUT2D eigenvalue weighted by molar-refractivity contribution is 5.65. The minimum absolute atomic E-state index is 0.0976. The van der Waals surface area contributed by atoms with Crippen LogP contribution in [0.15, 0.2) is 25.3 Å². The second-order valence-corrected chi connectivity index (χ2v) is 1.88. The number of hydrogen-bond acceptors (Lipinski definition) is 3. The number of carbonyl (C=O) groups is 1. The zero-order valence-corrected chi connectivity index (χ0v) is 8.75. The van der Waals surface area contributed by atoms with E-state index in [-0.39, 0.29) is 19.2 Å². The van der Waals surface area contributed by atoms with Crippen LogP contribution in [-0.4, -0.2) is 24.3 Å². The van der Waals surface area contributed by atoms with E-state index in [4.69, 9.17) is 5.11 Å². The maximum atomic E-state index is 9.87. The molecule has 0 radical (unpaired) electrons. The van der Waals surface area contributed by atoms with Gasteiger partial charge in [0.05, 0.1) is 6.61 Å². The van der Waals surface area contributed by atoms with Gasteiger partial charge in [0.25, 0.3) is 0 Å². The molecule has 0 heterocycles. The molecular weight excluding hydrogens is 168 g/mol. The molecule has 0 rings (SSSR count). The van der Waals surface area contributed by atoms with E-state index in [2.05, 4.69) is 17.9 Å². The van der Waals surface area contributed by atoms with Crippen molar-refractivity contribution in [2.24, 2.45) is 0 Å². The Bertz CT molecular complexity index is 113. The summed E-state index contributed by atoms with van der Waals surface area (Å²) in [6.07, 6.45) is 3.50. The average molecular weight is 188 g/mol. The van der Waals surface area contributed by atoms with Gasteiger partial charge in [-0.15, -0.1) is 13.2 Å². The lowest BCUT2D eigenvalue weighted by molar-refractivity contribution is -0.141. The fourth-order valence-electron chi connectivity index (χ4n) is 0.189. The van der Waals surface area contributed by atoms with Gasteiger partial charge in [-0.3, -0.25) is 4.79 Å². The van der Waals surface area contributed by atoms with Gasteiger partial charge in [-0.25, -0.2) is 0 Å². The van der Waals surface area contributed by atoms with Crippen LogP contribution in [-0.2, 0) is 9.53 Å². The molecule has 0 amide bonds. The van der Waals surface area contributed by atoms with E-state index in [1.165, 1.54) is 6.92 Å². The van der Waals surface area contributed by atoms with E-state index < -0.39 is 0 Å². The zero-order valence-electron chi connectivity index (χ0n) is 8.75. The fourth-order valence-corrected chi connectivity index (χ4v) is 0.189. The van der Waals surface area contributed by atoms with Crippen molar-refractivity contribution in [1.29, 1.82) is 0 Å². The Morgan fingerprint density at radius 3 is 1.77 bits per heavy atom. The molecule has 0 aliphatic rings. The van der Waals surface area contributed by atoms with Crippen molar-refractivity contribution in [2.75, 3.05) is 13.2 Å². The molecule has 0 aromatic carbocycles. The smallest absolute Gasteiger partial charge is 0.302 e. The van der Waals surface area contributed by atoms with E-state index >= 15 is 0 Å². The Morgan fingerprint density at radius 2 is 1.69 bits per heavy atom. The number of aliphatic hydroxyl groups excluding tert-OH is 1. The van der Waals surface area contributed by atoms with Crippen LogP contribution in [0.3, 0.4) is 0 Å². The van der Waals surface area contributed by atoms with E-state index in [0.717, 1.165) is 0 Å². The molecular formula is C10H20O3. The Balaban J connectivity index is -0.000000140. The van der Waals surface area contributed by atoms with Crippen LogP contribution >= 0.6 is 0 Å². The van der Waals surface area contributed by atoms with Crippen molar-refractivity contribution in [3.8, 4) is 0 Å². The van der Waals surface area contributed by atoms with Crippen molar-refractivity contribution in [3.05, 3.63) is 25.3 Å². The van der Waals surface area contributed by atoms with Gasteiger partial charge in [-0.1, -0.05) is 12.2 Å². The van der Waals surface area contributed by atoms with Gasteiger partial charge in [-0.05, 0) is 13.8 Å². The molecule has 3 heteroatoms. The predicted molar refractivity (Wildman–Crippen MR) is 55.5 cm³/mol. The highest BCUT2D eigenvalue weighted by Gasteiger charge is 1.86. The topological polar surface area (TPSA) is 46.5 Å².